The first kappa shape index (κ1) is 12.3. The molecule has 0 bridgehead atoms. The fourth-order valence-corrected chi connectivity index (χ4v) is 2.75. The molecule has 1 aliphatic carbocycles. The fraction of sp³-hybridized carbons (Fsp3) is 1.00. The van der Waals surface area contributed by atoms with Gasteiger partial charge in [-0.3, -0.25) is 0 Å². The van der Waals surface area contributed by atoms with Gasteiger partial charge < -0.3 is 14.6 Å². The monoisotopic (exact) mass is 228 g/mol. The minimum Gasteiger partial charge on any atom is -0.390 e. The van der Waals surface area contributed by atoms with Crippen molar-refractivity contribution in [1.29, 1.82) is 0 Å². The summed E-state index contributed by atoms with van der Waals surface area (Å²) in [5.74, 6) is 0.734. The van der Waals surface area contributed by atoms with Crippen molar-refractivity contribution in [3.8, 4) is 0 Å². The van der Waals surface area contributed by atoms with E-state index < -0.39 is 0 Å². The van der Waals surface area contributed by atoms with Crippen LogP contribution in [0, 0.1) is 5.92 Å². The summed E-state index contributed by atoms with van der Waals surface area (Å²) in [5, 5.41) is 9.89. The lowest BCUT2D eigenvalue weighted by molar-refractivity contribution is -0.0955. The van der Waals surface area contributed by atoms with Gasteiger partial charge in [-0.1, -0.05) is 13.3 Å². The second-order valence-corrected chi connectivity index (χ2v) is 5.16. The van der Waals surface area contributed by atoms with Crippen LogP contribution >= 0.6 is 0 Å². The maximum atomic E-state index is 9.89. The molecule has 1 N–H and O–H groups in total. The van der Waals surface area contributed by atoms with E-state index in [9.17, 15) is 5.11 Å². The second kappa shape index (κ2) is 5.99. The minimum atomic E-state index is -0.260. The van der Waals surface area contributed by atoms with Gasteiger partial charge in [0.15, 0.2) is 0 Å². The molecule has 1 saturated heterocycles. The van der Waals surface area contributed by atoms with Gasteiger partial charge in [0, 0.05) is 6.61 Å². The zero-order valence-corrected chi connectivity index (χ0v) is 10.2. The Morgan fingerprint density at radius 3 is 2.88 bits per heavy atom. The molecule has 4 unspecified atom stereocenters. The van der Waals surface area contributed by atoms with Crippen molar-refractivity contribution in [1.82, 2.24) is 0 Å². The van der Waals surface area contributed by atoms with Gasteiger partial charge >= 0.3 is 0 Å². The van der Waals surface area contributed by atoms with Crippen molar-refractivity contribution in [2.24, 2.45) is 5.92 Å². The lowest BCUT2D eigenvalue weighted by Gasteiger charge is -2.33. The van der Waals surface area contributed by atoms with Crippen LogP contribution in [0.5, 0.6) is 0 Å². The average molecular weight is 228 g/mol. The molecular weight excluding hydrogens is 204 g/mol. The van der Waals surface area contributed by atoms with Crippen LogP contribution in [0.25, 0.3) is 0 Å². The summed E-state index contributed by atoms with van der Waals surface area (Å²) < 4.78 is 11.4. The van der Waals surface area contributed by atoms with Crippen molar-refractivity contribution < 1.29 is 14.6 Å². The predicted octanol–water partition coefficient (Wildman–Crippen LogP) is 2.12. The molecule has 1 saturated carbocycles. The molecule has 0 radical (unpaired) electrons. The number of aliphatic hydroxyl groups excluding tert-OH is 1. The Morgan fingerprint density at radius 2 is 2.19 bits per heavy atom. The maximum absolute atomic E-state index is 9.89. The molecule has 0 aromatic rings. The Morgan fingerprint density at radius 1 is 1.31 bits per heavy atom. The van der Waals surface area contributed by atoms with Gasteiger partial charge in [0.25, 0.3) is 0 Å². The molecule has 94 valence electrons. The number of rotatable bonds is 4. The van der Waals surface area contributed by atoms with Crippen LogP contribution in [0.2, 0.25) is 0 Å². The standard InChI is InChI=1S/C13H24O3/c1-2-10-5-6-12(14)13(8-10)16-9-11-4-3-7-15-11/h10-14H,2-9H2,1H3. The van der Waals surface area contributed by atoms with Gasteiger partial charge in [0.05, 0.1) is 24.9 Å². The van der Waals surface area contributed by atoms with E-state index in [0.717, 1.165) is 44.6 Å². The van der Waals surface area contributed by atoms with Crippen LogP contribution in [-0.4, -0.2) is 36.6 Å². The second-order valence-electron chi connectivity index (χ2n) is 5.16. The van der Waals surface area contributed by atoms with E-state index in [4.69, 9.17) is 9.47 Å². The molecule has 0 aromatic heterocycles. The van der Waals surface area contributed by atoms with Crippen LogP contribution in [0.3, 0.4) is 0 Å². The molecule has 0 amide bonds. The lowest BCUT2D eigenvalue weighted by Crippen LogP contribution is -2.37. The highest BCUT2D eigenvalue weighted by Crippen LogP contribution is 2.29. The summed E-state index contributed by atoms with van der Waals surface area (Å²) >= 11 is 0. The SMILES string of the molecule is CCC1CCC(O)C(OCC2CCCO2)C1. The van der Waals surface area contributed by atoms with E-state index in [1.54, 1.807) is 0 Å². The highest BCUT2D eigenvalue weighted by Gasteiger charge is 2.30. The normalized spacial score (nSPS) is 40.1. The van der Waals surface area contributed by atoms with Crippen LogP contribution < -0.4 is 0 Å². The van der Waals surface area contributed by atoms with Gasteiger partial charge in [0.1, 0.15) is 0 Å². The molecule has 16 heavy (non-hydrogen) atoms. The molecule has 2 rings (SSSR count). The molecule has 1 aliphatic heterocycles. The van der Waals surface area contributed by atoms with Gasteiger partial charge in [-0.25, -0.2) is 0 Å². The van der Waals surface area contributed by atoms with Crippen molar-refractivity contribution in [3.05, 3.63) is 0 Å². The van der Waals surface area contributed by atoms with Gasteiger partial charge in [-0.05, 0) is 38.0 Å². The smallest absolute Gasteiger partial charge is 0.0837 e. The first-order valence-electron chi connectivity index (χ1n) is 6.71. The van der Waals surface area contributed by atoms with Gasteiger partial charge in [0.2, 0.25) is 0 Å². The number of ether oxygens (including phenoxy) is 2. The third kappa shape index (κ3) is 3.19. The first-order chi connectivity index (χ1) is 7.79. The number of aliphatic hydroxyl groups is 1. The van der Waals surface area contributed by atoms with Crippen molar-refractivity contribution in [2.75, 3.05) is 13.2 Å². The van der Waals surface area contributed by atoms with Crippen molar-refractivity contribution >= 4 is 0 Å². The van der Waals surface area contributed by atoms with E-state index in [1.165, 1.54) is 6.42 Å². The summed E-state index contributed by atoms with van der Waals surface area (Å²) in [5.41, 5.74) is 0. The average Bonchev–Trinajstić information content (AvgIpc) is 2.81. The Labute approximate surface area is 98.1 Å². The third-order valence-corrected chi connectivity index (χ3v) is 3.96. The summed E-state index contributed by atoms with van der Waals surface area (Å²) in [7, 11) is 0. The first-order valence-corrected chi connectivity index (χ1v) is 6.71. The van der Waals surface area contributed by atoms with Crippen LogP contribution in [-0.2, 0) is 9.47 Å². The van der Waals surface area contributed by atoms with E-state index in [1.807, 2.05) is 0 Å². The minimum absolute atomic E-state index is 0.0444. The highest BCUT2D eigenvalue weighted by atomic mass is 16.5. The van der Waals surface area contributed by atoms with Crippen molar-refractivity contribution in [2.45, 2.75) is 63.8 Å². The summed E-state index contributed by atoms with van der Waals surface area (Å²) in [6.07, 6.45) is 6.59. The Kier molecular flexibility index (Phi) is 4.62. The molecule has 0 spiro atoms. The Bertz CT molecular complexity index is 201. The number of hydrogen-bond donors (Lipinski definition) is 1. The van der Waals surface area contributed by atoms with Gasteiger partial charge in [-0.2, -0.15) is 0 Å². The molecule has 3 heteroatoms. The molecule has 2 fully saturated rings. The lowest BCUT2D eigenvalue weighted by atomic mass is 9.84. The largest absolute Gasteiger partial charge is 0.390 e. The van der Waals surface area contributed by atoms with Crippen LogP contribution in [0.15, 0.2) is 0 Å². The third-order valence-electron chi connectivity index (χ3n) is 3.96. The molecule has 3 nitrogen and oxygen atoms in total. The van der Waals surface area contributed by atoms with Crippen LogP contribution in [0.1, 0.15) is 45.4 Å². The molecule has 1 heterocycles. The zero-order valence-electron chi connectivity index (χ0n) is 10.2. The van der Waals surface area contributed by atoms with E-state index in [2.05, 4.69) is 6.92 Å². The predicted molar refractivity (Wildman–Crippen MR) is 62.4 cm³/mol. The molecular formula is C13H24O3. The molecule has 4 atom stereocenters. The summed E-state index contributed by atoms with van der Waals surface area (Å²) in [6.45, 7) is 3.76. The Balaban J connectivity index is 1.73. The molecule has 0 aromatic carbocycles. The number of hydrogen-bond acceptors (Lipinski definition) is 3. The van der Waals surface area contributed by atoms with E-state index in [-0.39, 0.29) is 18.3 Å². The maximum Gasteiger partial charge on any atom is 0.0837 e. The van der Waals surface area contributed by atoms with Gasteiger partial charge in [-0.15, -0.1) is 0 Å². The molecule has 2 aliphatic rings. The van der Waals surface area contributed by atoms with E-state index >= 15 is 0 Å². The summed E-state index contributed by atoms with van der Waals surface area (Å²) in [4.78, 5) is 0. The summed E-state index contributed by atoms with van der Waals surface area (Å²) in [6, 6.07) is 0. The Hall–Kier alpha value is -0.120. The zero-order chi connectivity index (χ0) is 11.4. The van der Waals surface area contributed by atoms with Crippen LogP contribution in [0.4, 0.5) is 0 Å². The quantitative estimate of drug-likeness (QED) is 0.801. The van der Waals surface area contributed by atoms with E-state index in [0.29, 0.717) is 6.61 Å². The van der Waals surface area contributed by atoms with Crippen molar-refractivity contribution in [3.63, 3.8) is 0 Å². The fourth-order valence-electron chi connectivity index (χ4n) is 2.75. The topological polar surface area (TPSA) is 38.7 Å². The highest BCUT2D eigenvalue weighted by molar-refractivity contribution is 4.80.